The quantitative estimate of drug-likeness (QED) is 0.103. The number of rotatable bonds is 10. The van der Waals surface area contributed by atoms with Gasteiger partial charge in [-0.1, -0.05) is 66.7 Å². The number of hydrogen-bond donors (Lipinski definition) is 1. The van der Waals surface area contributed by atoms with Crippen molar-refractivity contribution >= 4 is 23.6 Å². The van der Waals surface area contributed by atoms with Crippen molar-refractivity contribution in [2.24, 2.45) is 0 Å². The Morgan fingerprint density at radius 2 is 1.50 bits per heavy atom. The summed E-state index contributed by atoms with van der Waals surface area (Å²) in [6.07, 6.45) is 1.61. The smallest absolute Gasteiger partial charge is 0.338 e. The first-order chi connectivity index (χ1) is 21.5. The molecule has 4 aromatic carbocycles. The molecule has 218 valence electrons. The summed E-state index contributed by atoms with van der Waals surface area (Å²) in [5, 5.41) is 12.9. The number of aromatic nitrogens is 1. The maximum Gasteiger partial charge on any atom is 0.338 e. The fraction of sp³-hybridized carbons (Fsp3) is 0.108. The molecule has 0 bridgehead atoms. The molecule has 0 aliphatic heterocycles. The number of ether oxygens (including phenoxy) is 2. The molecule has 1 amide bonds. The predicted octanol–water partition coefficient (Wildman–Crippen LogP) is 7.93. The standard InChI is InChI=1S/C37H31N3O4/c1-3-43-33-17-11-16-31(24-33)39-36(41)30(25-38)22-29-23-34(26-12-7-5-8-13-26)40(35(29)27-14-9-6-10-15-27)32-20-18-28(19-21-32)37(42)44-4-2/h5-24H,3-4H2,1-2H3,(H,39,41)/b30-22+. The van der Waals surface area contributed by atoms with Crippen LogP contribution in [0.25, 0.3) is 34.3 Å². The summed E-state index contributed by atoms with van der Waals surface area (Å²) in [6.45, 7) is 4.44. The van der Waals surface area contributed by atoms with E-state index in [2.05, 4.69) is 16.0 Å². The molecule has 0 radical (unpaired) electrons. The molecule has 1 N–H and O–H groups in total. The summed E-state index contributed by atoms with van der Waals surface area (Å²) in [5.74, 6) is -0.302. The minimum Gasteiger partial charge on any atom is -0.494 e. The Labute approximate surface area is 256 Å². The Morgan fingerprint density at radius 1 is 0.818 bits per heavy atom. The number of nitrogens with one attached hydrogen (secondary N) is 1. The average molecular weight is 582 g/mol. The van der Waals surface area contributed by atoms with Gasteiger partial charge in [0.25, 0.3) is 5.91 Å². The Morgan fingerprint density at radius 3 is 2.14 bits per heavy atom. The van der Waals surface area contributed by atoms with Crippen molar-refractivity contribution in [2.45, 2.75) is 13.8 Å². The Bertz CT molecular complexity index is 1830. The number of carbonyl (C=O) groups excluding carboxylic acids is 2. The van der Waals surface area contributed by atoms with Gasteiger partial charge in [-0.15, -0.1) is 0 Å². The van der Waals surface area contributed by atoms with Gasteiger partial charge in [0.1, 0.15) is 17.4 Å². The highest BCUT2D eigenvalue weighted by Crippen LogP contribution is 2.37. The monoisotopic (exact) mass is 581 g/mol. The van der Waals surface area contributed by atoms with E-state index in [1.165, 1.54) is 0 Å². The van der Waals surface area contributed by atoms with Gasteiger partial charge in [-0.25, -0.2) is 4.79 Å². The van der Waals surface area contributed by atoms with Gasteiger partial charge in [0.05, 0.1) is 30.2 Å². The van der Waals surface area contributed by atoms with Crippen LogP contribution in [0.15, 0.2) is 121 Å². The van der Waals surface area contributed by atoms with E-state index in [0.29, 0.717) is 29.2 Å². The SMILES string of the molecule is CCOC(=O)c1ccc(-n2c(-c3ccccc3)cc(/C=C(\C#N)C(=O)Nc3cccc(OCC)c3)c2-c2ccccc2)cc1. The van der Waals surface area contributed by atoms with Crippen LogP contribution in [0.1, 0.15) is 29.8 Å². The number of nitriles is 1. The molecule has 7 heteroatoms. The van der Waals surface area contributed by atoms with Crippen molar-refractivity contribution in [1.29, 1.82) is 5.26 Å². The lowest BCUT2D eigenvalue weighted by Crippen LogP contribution is -2.13. The van der Waals surface area contributed by atoms with Crippen molar-refractivity contribution in [1.82, 2.24) is 4.57 Å². The summed E-state index contributed by atoms with van der Waals surface area (Å²) >= 11 is 0. The zero-order valence-electron chi connectivity index (χ0n) is 24.5. The molecular weight excluding hydrogens is 550 g/mol. The first-order valence-corrected chi connectivity index (χ1v) is 14.3. The highest BCUT2D eigenvalue weighted by molar-refractivity contribution is 6.10. The fourth-order valence-corrected chi connectivity index (χ4v) is 4.91. The fourth-order valence-electron chi connectivity index (χ4n) is 4.91. The number of esters is 1. The summed E-state index contributed by atoms with van der Waals surface area (Å²) in [6, 6.07) is 37.9. The number of benzene rings is 4. The second kappa shape index (κ2) is 13.9. The van der Waals surface area contributed by atoms with E-state index in [9.17, 15) is 14.9 Å². The second-order valence-electron chi connectivity index (χ2n) is 9.75. The third kappa shape index (κ3) is 6.61. The third-order valence-electron chi connectivity index (χ3n) is 6.85. The van der Waals surface area contributed by atoms with E-state index in [1.54, 1.807) is 49.4 Å². The van der Waals surface area contributed by atoms with Crippen LogP contribution in [0.3, 0.4) is 0 Å². The molecule has 0 spiro atoms. The molecule has 44 heavy (non-hydrogen) atoms. The molecule has 0 aliphatic carbocycles. The van der Waals surface area contributed by atoms with E-state index in [4.69, 9.17) is 9.47 Å². The van der Waals surface area contributed by atoms with Crippen LogP contribution >= 0.6 is 0 Å². The second-order valence-corrected chi connectivity index (χ2v) is 9.75. The Kier molecular flexibility index (Phi) is 9.33. The van der Waals surface area contributed by atoms with Crippen molar-refractivity contribution in [2.75, 3.05) is 18.5 Å². The highest BCUT2D eigenvalue weighted by Gasteiger charge is 2.21. The van der Waals surface area contributed by atoms with Crippen LogP contribution < -0.4 is 10.1 Å². The lowest BCUT2D eigenvalue weighted by Gasteiger charge is -2.15. The van der Waals surface area contributed by atoms with E-state index in [-0.39, 0.29) is 12.2 Å². The minimum absolute atomic E-state index is 0.0570. The number of carbonyl (C=O) groups is 2. The maximum absolute atomic E-state index is 13.4. The molecular formula is C37H31N3O4. The van der Waals surface area contributed by atoms with E-state index < -0.39 is 11.9 Å². The number of anilines is 1. The van der Waals surface area contributed by atoms with Crippen molar-refractivity contribution in [3.05, 3.63) is 132 Å². The van der Waals surface area contributed by atoms with Gasteiger partial charge in [-0.05, 0) is 73.5 Å². The normalized spacial score (nSPS) is 11.0. The van der Waals surface area contributed by atoms with Crippen molar-refractivity contribution in [3.63, 3.8) is 0 Å². The molecule has 0 saturated heterocycles. The average Bonchev–Trinajstić information content (AvgIpc) is 3.44. The van der Waals surface area contributed by atoms with E-state index >= 15 is 0 Å². The van der Waals surface area contributed by atoms with Crippen LogP contribution in [-0.4, -0.2) is 29.7 Å². The Balaban J connectivity index is 1.66. The lowest BCUT2D eigenvalue weighted by atomic mass is 10.0. The molecule has 5 aromatic rings. The van der Waals surface area contributed by atoms with E-state index in [1.807, 2.05) is 85.8 Å². The lowest BCUT2D eigenvalue weighted by molar-refractivity contribution is -0.112. The van der Waals surface area contributed by atoms with Crippen molar-refractivity contribution < 1.29 is 19.1 Å². The van der Waals surface area contributed by atoms with Crippen LogP contribution in [0, 0.1) is 11.3 Å². The van der Waals surface area contributed by atoms with Gasteiger partial charge in [-0.3, -0.25) is 4.79 Å². The van der Waals surface area contributed by atoms with Gasteiger partial charge in [0.15, 0.2) is 0 Å². The largest absolute Gasteiger partial charge is 0.494 e. The van der Waals surface area contributed by atoms with Crippen molar-refractivity contribution in [3.8, 4) is 40.0 Å². The van der Waals surface area contributed by atoms with E-state index in [0.717, 1.165) is 28.2 Å². The zero-order chi connectivity index (χ0) is 30.9. The molecule has 5 rings (SSSR count). The van der Waals surface area contributed by atoms with Gasteiger partial charge in [-0.2, -0.15) is 5.26 Å². The molecule has 1 heterocycles. The van der Waals surface area contributed by atoms with Crippen LogP contribution in [0.5, 0.6) is 5.75 Å². The van der Waals surface area contributed by atoms with Crippen LogP contribution in [0.4, 0.5) is 5.69 Å². The van der Waals surface area contributed by atoms with Gasteiger partial charge < -0.3 is 19.4 Å². The minimum atomic E-state index is -0.534. The number of hydrogen-bond acceptors (Lipinski definition) is 5. The molecule has 0 unspecified atom stereocenters. The third-order valence-corrected chi connectivity index (χ3v) is 6.85. The summed E-state index contributed by atoms with van der Waals surface area (Å²) < 4.78 is 12.8. The molecule has 7 nitrogen and oxygen atoms in total. The first-order valence-electron chi connectivity index (χ1n) is 14.3. The molecule has 0 saturated carbocycles. The van der Waals surface area contributed by atoms with Gasteiger partial charge >= 0.3 is 5.97 Å². The molecule has 0 atom stereocenters. The topological polar surface area (TPSA) is 93.4 Å². The zero-order valence-corrected chi connectivity index (χ0v) is 24.5. The number of amides is 1. The predicted molar refractivity (Wildman–Crippen MR) is 172 cm³/mol. The summed E-state index contributed by atoms with van der Waals surface area (Å²) in [5.41, 5.74) is 5.85. The maximum atomic E-state index is 13.4. The van der Waals surface area contributed by atoms with Gasteiger partial charge in [0.2, 0.25) is 0 Å². The number of nitrogens with zero attached hydrogens (tertiary/aromatic N) is 2. The molecule has 0 fully saturated rings. The Hall–Kier alpha value is -5.87. The molecule has 0 aliphatic rings. The van der Waals surface area contributed by atoms with Crippen LogP contribution in [0.2, 0.25) is 0 Å². The molecule has 1 aromatic heterocycles. The summed E-state index contributed by atoms with van der Waals surface area (Å²) in [7, 11) is 0. The van der Waals surface area contributed by atoms with Crippen LogP contribution in [-0.2, 0) is 9.53 Å². The first kappa shape index (κ1) is 29.6. The highest BCUT2D eigenvalue weighted by atomic mass is 16.5. The summed E-state index contributed by atoms with van der Waals surface area (Å²) in [4.78, 5) is 25.7. The van der Waals surface area contributed by atoms with Gasteiger partial charge in [0, 0.05) is 23.0 Å².